The van der Waals surface area contributed by atoms with Gasteiger partial charge in [-0.3, -0.25) is 14.4 Å². The van der Waals surface area contributed by atoms with Crippen molar-refractivity contribution in [2.24, 2.45) is 0 Å². The summed E-state index contributed by atoms with van der Waals surface area (Å²) in [5, 5.41) is 13.9. The van der Waals surface area contributed by atoms with Crippen molar-refractivity contribution in [2.75, 3.05) is 26.9 Å². The number of aromatic nitrogens is 2. The van der Waals surface area contributed by atoms with E-state index in [-0.39, 0.29) is 60.1 Å². The van der Waals surface area contributed by atoms with E-state index in [1.54, 1.807) is 0 Å². The average Bonchev–Trinajstić information content (AvgIpc) is 2.94. The molecule has 2 atom stereocenters. The summed E-state index contributed by atoms with van der Waals surface area (Å²) in [7, 11) is 1.33. The third kappa shape index (κ3) is 6.86. The van der Waals surface area contributed by atoms with Crippen LogP contribution in [-0.2, 0) is 16.1 Å². The maximum absolute atomic E-state index is 14.6. The summed E-state index contributed by atoms with van der Waals surface area (Å²) in [6.45, 7) is -0.234. The highest BCUT2D eigenvalue weighted by molar-refractivity contribution is 5.93. The number of methoxy groups -OCH3 is 1. The number of fused-ring (bicyclic) bond motifs is 1. The lowest BCUT2D eigenvalue weighted by atomic mass is 10.0. The van der Waals surface area contributed by atoms with Crippen molar-refractivity contribution < 1.29 is 37.7 Å². The lowest BCUT2D eigenvalue weighted by Gasteiger charge is -2.29. The molecule has 2 unspecified atom stereocenters. The molecule has 4 N–H and O–H groups in total. The molecule has 3 aromatic rings. The number of nitrogens with zero attached hydrogens (tertiary/aromatic N) is 1. The van der Waals surface area contributed by atoms with Crippen molar-refractivity contribution in [2.45, 2.75) is 38.0 Å². The number of hydrogen-bond donors (Lipinski definition) is 4. The summed E-state index contributed by atoms with van der Waals surface area (Å²) in [6, 6.07) is 6.31. The molecule has 1 fully saturated rings. The lowest BCUT2D eigenvalue weighted by molar-refractivity contribution is -0.126. The van der Waals surface area contributed by atoms with Crippen LogP contribution in [0.5, 0.6) is 11.5 Å². The SMILES string of the molecule is COc1cc(CNC(=O)c2nc3ccc(F)c(OCCC4CCC(NC(=O)CO)CO4)c3c(=O)[nH]2)ccc1F. The smallest absolute Gasteiger partial charge is 0.287 e. The van der Waals surface area contributed by atoms with E-state index >= 15 is 0 Å². The zero-order chi connectivity index (χ0) is 27.9. The van der Waals surface area contributed by atoms with Crippen LogP contribution in [0.1, 0.15) is 35.4 Å². The molecule has 0 bridgehead atoms. The van der Waals surface area contributed by atoms with Crippen LogP contribution in [0.15, 0.2) is 35.1 Å². The second-order valence-corrected chi connectivity index (χ2v) is 8.93. The van der Waals surface area contributed by atoms with E-state index in [0.29, 0.717) is 24.8 Å². The van der Waals surface area contributed by atoms with E-state index < -0.39 is 35.6 Å². The number of benzene rings is 2. The molecule has 0 radical (unpaired) electrons. The van der Waals surface area contributed by atoms with Gasteiger partial charge in [0.05, 0.1) is 38.0 Å². The molecular weight excluding hydrogens is 518 g/mol. The Labute approximate surface area is 221 Å². The molecule has 39 heavy (non-hydrogen) atoms. The fraction of sp³-hybridized carbons (Fsp3) is 0.385. The first-order valence-corrected chi connectivity index (χ1v) is 12.3. The number of ether oxygens (including phenoxy) is 3. The molecule has 1 aliphatic heterocycles. The number of carbonyl (C=O) groups excluding carboxylic acids is 2. The summed E-state index contributed by atoms with van der Waals surface area (Å²) < 4.78 is 44.5. The van der Waals surface area contributed by atoms with Crippen LogP contribution in [0, 0.1) is 11.6 Å². The molecule has 1 saturated heterocycles. The maximum Gasteiger partial charge on any atom is 0.287 e. The van der Waals surface area contributed by atoms with Crippen LogP contribution in [-0.4, -0.2) is 66.0 Å². The Kier molecular flexibility index (Phi) is 9.04. The van der Waals surface area contributed by atoms with Crippen LogP contribution in [0.2, 0.25) is 0 Å². The second-order valence-electron chi connectivity index (χ2n) is 8.93. The third-order valence-electron chi connectivity index (χ3n) is 6.23. The van der Waals surface area contributed by atoms with Gasteiger partial charge < -0.3 is 34.9 Å². The number of carbonyl (C=O) groups is 2. The van der Waals surface area contributed by atoms with Crippen LogP contribution in [0.4, 0.5) is 8.78 Å². The van der Waals surface area contributed by atoms with Crippen LogP contribution in [0.3, 0.4) is 0 Å². The number of nitrogens with one attached hydrogen (secondary N) is 3. The first-order valence-electron chi connectivity index (χ1n) is 12.3. The van der Waals surface area contributed by atoms with Crippen molar-refractivity contribution in [3.8, 4) is 11.5 Å². The first kappa shape index (κ1) is 27.9. The number of halogens is 2. The van der Waals surface area contributed by atoms with E-state index in [9.17, 15) is 23.2 Å². The predicted octanol–water partition coefficient (Wildman–Crippen LogP) is 1.56. The molecule has 0 saturated carbocycles. The largest absolute Gasteiger partial charge is 0.494 e. The van der Waals surface area contributed by atoms with Gasteiger partial charge in [0.1, 0.15) is 12.0 Å². The topological polar surface area (TPSA) is 152 Å². The van der Waals surface area contributed by atoms with Crippen LogP contribution >= 0.6 is 0 Å². The minimum atomic E-state index is -0.756. The summed E-state index contributed by atoms with van der Waals surface area (Å²) in [5.74, 6) is -2.99. The highest BCUT2D eigenvalue weighted by atomic mass is 19.1. The predicted molar refractivity (Wildman–Crippen MR) is 135 cm³/mol. The maximum atomic E-state index is 14.6. The second kappa shape index (κ2) is 12.6. The molecule has 2 amide bonds. The molecular formula is C26H28F2N4O7. The Morgan fingerprint density at radius 1 is 1.21 bits per heavy atom. The Morgan fingerprint density at radius 2 is 2.00 bits per heavy atom. The van der Waals surface area contributed by atoms with Gasteiger partial charge in [-0.15, -0.1) is 0 Å². The van der Waals surface area contributed by atoms with Gasteiger partial charge >= 0.3 is 0 Å². The fourth-order valence-corrected chi connectivity index (χ4v) is 4.22. The van der Waals surface area contributed by atoms with E-state index in [1.165, 1.54) is 31.4 Å². The number of rotatable bonds is 10. The van der Waals surface area contributed by atoms with Crippen LogP contribution < -0.4 is 25.7 Å². The number of aromatic amines is 1. The number of hydrogen-bond acceptors (Lipinski definition) is 8. The van der Waals surface area contributed by atoms with Crippen molar-refractivity contribution in [3.63, 3.8) is 0 Å². The molecule has 13 heteroatoms. The molecule has 0 aliphatic carbocycles. The van der Waals surface area contributed by atoms with E-state index in [0.717, 1.165) is 6.07 Å². The Hall–Kier alpha value is -4.10. The van der Waals surface area contributed by atoms with Gasteiger partial charge in [-0.2, -0.15) is 0 Å². The van der Waals surface area contributed by atoms with Crippen molar-refractivity contribution in [1.29, 1.82) is 0 Å². The fourth-order valence-electron chi connectivity index (χ4n) is 4.22. The highest BCUT2D eigenvalue weighted by Gasteiger charge is 2.23. The molecule has 0 spiro atoms. The van der Waals surface area contributed by atoms with Crippen molar-refractivity contribution >= 4 is 22.7 Å². The molecule has 2 heterocycles. The number of aliphatic hydroxyl groups excluding tert-OH is 1. The first-order chi connectivity index (χ1) is 18.8. The van der Waals surface area contributed by atoms with Crippen LogP contribution in [0.25, 0.3) is 10.9 Å². The Morgan fingerprint density at radius 3 is 2.72 bits per heavy atom. The van der Waals surface area contributed by atoms with Gasteiger partial charge in [-0.25, -0.2) is 13.8 Å². The number of amides is 2. The summed E-state index contributed by atoms with van der Waals surface area (Å²) >= 11 is 0. The summed E-state index contributed by atoms with van der Waals surface area (Å²) in [4.78, 5) is 43.3. The summed E-state index contributed by atoms with van der Waals surface area (Å²) in [5.41, 5.74) is -0.116. The molecule has 1 aromatic heterocycles. The van der Waals surface area contributed by atoms with Crippen molar-refractivity contribution in [3.05, 3.63) is 63.7 Å². The monoisotopic (exact) mass is 546 g/mol. The van der Waals surface area contributed by atoms with Gasteiger partial charge in [0.2, 0.25) is 5.91 Å². The Bertz CT molecular complexity index is 1410. The zero-order valence-corrected chi connectivity index (χ0v) is 21.1. The van der Waals surface area contributed by atoms with Gasteiger partial charge in [0.25, 0.3) is 11.5 Å². The number of H-pyrrole nitrogens is 1. The van der Waals surface area contributed by atoms with E-state index in [2.05, 4.69) is 20.6 Å². The molecule has 11 nitrogen and oxygen atoms in total. The van der Waals surface area contributed by atoms with E-state index in [1.807, 2.05) is 0 Å². The molecule has 2 aromatic carbocycles. The van der Waals surface area contributed by atoms with E-state index in [4.69, 9.17) is 19.3 Å². The standard InChI is InChI=1S/C26H28F2N4O7/c1-37-20-10-14(2-5-17(20)27)11-29-26(36)24-31-19-7-6-18(28)23(22(19)25(35)32-24)38-9-8-16-4-3-15(13-39-16)30-21(34)12-33/h2,5-7,10,15-16,33H,3-4,8-9,11-13H2,1H3,(H,29,36)(H,30,34)(H,31,32,35). The average molecular weight is 547 g/mol. The lowest BCUT2D eigenvalue weighted by Crippen LogP contribution is -2.44. The third-order valence-corrected chi connectivity index (χ3v) is 6.23. The minimum Gasteiger partial charge on any atom is -0.494 e. The Balaban J connectivity index is 1.39. The van der Waals surface area contributed by atoms with Gasteiger partial charge in [0.15, 0.2) is 29.0 Å². The summed E-state index contributed by atoms with van der Waals surface area (Å²) in [6.07, 6.45) is 1.51. The van der Waals surface area contributed by atoms with Gasteiger partial charge in [-0.1, -0.05) is 6.07 Å². The van der Waals surface area contributed by atoms with Gasteiger partial charge in [-0.05, 0) is 42.7 Å². The molecule has 4 rings (SSSR count). The van der Waals surface area contributed by atoms with Gasteiger partial charge in [0, 0.05) is 13.0 Å². The molecule has 208 valence electrons. The number of aliphatic hydroxyl groups is 1. The normalized spacial score (nSPS) is 17.0. The molecule has 1 aliphatic rings. The minimum absolute atomic E-state index is 0.0206. The zero-order valence-electron chi connectivity index (χ0n) is 21.1. The highest BCUT2D eigenvalue weighted by Crippen LogP contribution is 2.26. The quantitative estimate of drug-likeness (QED) is 0.299. The van der Waals surface area contributed by atoms with Crippen molar-refractivity contribution in [1.82, 2.24) is 20.6 Å².